The molecule has 1 aliphatic heterocycles. The molecular formula is C15H22N2O2S2. The Hall–Kier alpha value is -0.980. The molecule has 1 saturated heterocycles. The third-order valence-corrected chi connectivity index (χ3v) is 6.48. The Morgan fingerprint density at radius 3 is 2.57 bits per heavy atom. The van der Waals surface area contributed by atoms with Crippen LogP contribution < -0.4 is 5.73 Å². The van der Waals surface area contributed by atoms with Gasteiger partial charge in [0.25, 0.3) is 0 Å². The molecule has 2 N–H and O–H groups in total. The molecule has 0 aromatic heterocycles. The Morgan fingerprint density at radius 2 is 2.00 bits per heavy atom. The molecule has 6 heteroatoms. The van der Waals surface area contributed by atoms with Gasteiger partial charge in [0.05, 0.1) is 4.90 Å². The number of sulfonamides is 1. The second kappa shape index (κ2) is 6.02. The zero-order valence-corrected chi connectivity index (χ0v) is 14.3. The van der Waals surface area contributed by atoms with Gasteiger partial charge in [0.1, 0.15) is 4.99 Å². The fraction of sp³-hybridized carbons (Fsp3) is 0.533. The number of hydrogen-bond donors (Lipinski definition) is 1. The zero-order chi connectivity index (χ0) is 15.8. The summed E-state index contributed by atoms with van der Waals surface area (Å²) in [6.45, 7) is 6.44. The molecule has 2 atom stereocenters. The molecule has 1 aliphatic rings. The molecule has 0 saturated carbocycles. The van der Waals surface area contributed by atoms with Crippen LogP contribution in [0.2, 0.25) is 0 Å². The largest absolute Gasteiger partial charge is 0.389 e. The summed E-state index contributed by atoms with van der Waals surface area (Å²) >= 11 is 4.94. The smallest absolute Gasteiger partial charge is 0.243 e. The lowest BCUT2D eigenvalue weighted by Crippen LogP contribution is -2.45. The molecule has 1 aromatic rings. The predicted molar refractivity (Wildman–Crippen MR) is 88.8 cm³/mol. The third kappa shape index (κ3) is 3.27. The van der Waals surface area contributed by atoms with Gasteiger partial charge in [-0.3, -0.25) is 0 Å². The second-order valence-electron chi connectivity index (χ2n) is 5.95. The molecule has 0 spiro atoms. The highest BCUT2D eigenvalue weighted by atomic mass is 32.2. The van der Waals surface area contributed by atoms with Gasteiger partial charge in [-0.15, -0.1) is 0 Å². The van der Waals surface area contributed by atoms with Crippen molar-refractivity contribution in [2.75, 3.05) is 6.54 Å². The summed E-state index contributed by atoms with van der Waals surface area (Å²) in [7, 11) is -3.47. The molecule has 2 rings (SSSR count). The standard InChI is InChI=1S/C15H22N2O2S2/c1-10-4-5-12(3)17(9-10)21(18,19)14-7-6-13(15(16)20)8-11(14)2/h6-8,10,12H,4-5,9H2,1-3H3,(H2,16,20). The molecule has 1 aromatic carbocycles. The lowest BCUT2D eigenvalue weighted by atomic mass is 9.97. The van der Waals surface area contributed by atoms with Crippen LogP contribution in [0.25, 0.3) is 0 Å². The van der Waals surface area contributed by atoms with E-state index in [0.29, 0.717) is 28.5 Å². The first-order chi connectivity index (χ1) is 9.73. The van der Waals surface area contributed by atoms with E-state index in [9.17, 15) is 8.42 Å². The van der Waals surface area contributed by atoms with Crippen molar-refractivity contribution in [3.8, 4) is 0 Å². The number of nitrogens with two attached hydrogens (primary N) is 1. The summed E-state index contributed by atoms with van der Waals surface area (Å²) in [5.41, 5.74) is 6.98. The second-order valence-corrected chi connectivity index (χ2v) is 8.25. The average molecular weight is 326 g/mol. The van der Waals surface area contributed by atoms with Gasteiger partial charge in [0.15, 0.2) is 0 Å². The Labute approximate surface area is 132 Å². The quantitative estimate of drug-likeness (QED) is 0.867. The van der Waals surface area contributed by atoms with E-state index in [4.69, 9.17) is 18.0 Å². The first-order valence-corrected chi connectivity index (χ1v) is 9.00. The van der Waals surface area contributed by atoms with Crippen molar-refractivity contribution in [3.63, 3.8) is 0 Å². The number of rotatable bonds is 3. The van der Waals surface area contributed by atoms with E-state index in [2.05, 4.69) is 6.92 Å². The van der Waals surface area contributed by atoms with Gasteiger partial charge in [-0.25, -0.2) is 8.42 Å². The van der Waals surface area contributed by atoms with Crippen molar-refractivity contribution in [2.24, 2.45) is 11.7 Å². The lowest BCUT2D eigenvalue weighted by Gasteiger charge is -2.36. The van der Waals surface area contributed by atoms with Crippen molar-refractivity contribution >= 4 is 27.2 Å². The van der Waals surface area contributed by atoms with E-state index in [-0.39, 0.29) is 11.0 Å². The van der Waals surface area contributed by atoms with Crippen molar-refractivity contribution < 1.29 is 8.42 Å². The molecule has 1 heterocycles. The van der Waals surface area contributed by atoms with Crippen LogP contribution in [0.5, 0.6) is 0 Å². The Balaban J connectivity index is 2.41. The van der Waals surface area contributed by atoms with Crippen LogP contribution in [-0.4, -0.2) is 30.3 Å². The predicted octanol–water partition coefficient (Wildman–Crippen LogP) is 2.44. The highest BCUT2D eigenvalue weighted by Gasteiger charge is 2.34. The lowest BCUT2D eigenvalue weighted by molar-refractivity contribution is 0.218. The van der Waals surface area contributed by atoms with Gasteiger partial charge in [-0.05, 0) is 50.3 Å². The molecule has 21 heavy (non-hydrogen) atoms. The van der Waals surface area contributed by atoms with Crippen molar-refractivity contribution in [3.05, 3.63) is 29.3 Å². The van der Waals surface area contributed by atoms with Crippen LogP contribution in [0.3, 0.4) is 0 Å². The molecule has 0 aliphatic carbocycles. The van der Waals surface area contributed by atoms with E-state index in [1.54, 1.807) is 29.4 Å². The number of aryl methyl sites for hydroxylation is 1. The fourth-order valence-corrected chi connectivity index (χ4v) is 4.92. The van der Waals surface area contributed by atoms with Gasteiger partial charge in [0.2, 0.25) is 10.0 Å². The molecule has 0 radical (unpaired) electrons. The van der Waals surface area contributed by atoms with Gasteiger partial charge in [0, 0.05) is 18.2 Å². The van der Waals surface area contributed by atoms with Crippen LogP contribution in [0.15, 0.2) is 23.1 Å². The monoisotopic (exact) mass is 326 g/mol. The van der Waals surface area contributed by atoms with Gasteiger partial charge < -0.3 is 5.73 Å². The number of benzene rings is 1. The van der Waals surface area contributed by atoms with Crippen LogP contribution >= 0.6 is 12.2 Å². The summed E-state index contributed by atoms with van der Waals surface area (Å²) in [5, 5.41) is 0. The van der Waals surface area contributed by atoms with Crippen LogP contribution in [0.1, 0.15) is 37.8 Å². The minimum atomic E-state index is -3.47. The maximum atomic E-state index is 12.9. The summed E-state index contributed by atoms with van der Waals surface area (Å²) < 4.78 is 27.4. The van der Waals surface area contributed by atoms with Crippen molar-refractivity contribution in [2.45, 2.75) is 44.6 Å². The van der Waals surface area contributed by atoms with Gasteiger partial charge >= 0.3 is 0 Å². The van der Waals surface area contributed by atoms with Crippen LogP contribution in [0.4, 0.5) is 0 Å². The molecule has 1 fully saturated rings. The SMILES string of the molecule is Cc1cc(C(N)=S)ccc1S(=O)(=O)N1CC(C)CCC1C. The van der Waals surface area contributed by atoms with Crippen molar-refractivity contribution in [1.82, 2.24) is 4.31 Å². The Morgan fingerprint density at radius 1 is 1.33 bits per heavy atom. The number of thiocarbonyl (C=S) groups is 1. The molecule has 4 nitrogen and oxygen atoms in total. The summed E-state index contributed by atoms with van der Waals surface area (Å²) in [5.74, 6) is 0.396. The first kappa shape index (κ1) is 16.4. The molecule has 0 amide bonds. The highest BCUT2D eigenvalue weighted by molar-refractivity contribution is 7.89. The summed E-state index contributed by atoms with van der Waals surface area (Å²) in [6.07, 6.45) is 1.98. The van der Waals surface area contributed by atoms with Crippen LogP contribution in [0, 0.1) is 12.8 Å². The number of nitrogens with zero attached hydrogens (tertiary/aromatic N) is 1. The summed E-state index contributed by atoms with van der Waals surface area (Å²) in [4.78, 5) is 0.630. The zero-order valence-electron chi connectivity index (χ0n) is 12.7. The van der Waals surface area contributed by atoms with E-state index in [1.165, 1.54) is 0 Å². The van der Waals surface area contributed by atoms with E-state index < -0.39 is 10.0 Å². The number of piperidine rings is 1. The normalized spacial score (nSPS) is 24.0. The summed E-state index contributed by atoms with van der Waals surface area (Å²) in [6, 6.07) is 5.08. The third-order valence-electron chi connectivity index (χ3n) is 4.11. The van der Waals surface area contributed by atoms with E-state index in [1.807, 2.05) is 6.92 Å². The average Bonchev–Trinajstić information content (AvgIpc) is 2.40. The topological polar surface area (TPSA) is 63.4 Å². The highest BCUT2D eigenvalue weighted by Crippen LogP contribution is 2.29. The van der Waals surface area contributed by atoms with Gasteiger partial charge in [-0.1, -0.05) is 25.2 Å². The van der Waals surface area contributed by atoms with E-state index >= 15 is 0 Å². The number of hydrogen-bond acceptors (Lipinski definition) is 3. The molecular weight excluding hydrogens is 304 g/mol. The Bertz CT molecular complexity index is 656. The molecule has 0 bridgehead atoms. The Kier molecular flexibility index (Phi) is 4.70. The maximum absolute atomic E-state index is 12.9. The molecule has 2 unspecified atom stereocenters. The first-order valence-electron chi connectivity index (χ1n) is 7.15. The van der Waals surface area contributed by atoms with Crippen LogP contribution in [-0.2, 0) is 10.0 Å². The minimum Gasteiger partial charge on any atom is -0.389 e. The van der Waals surface area contributed by atoms with E-state index in [0.717, 1.165) is 12.8 Å². The minimum absolute atomic E-state index is 0.0425. The van der Waals surface area contributed by atoms with Crippen molar-refractivity contribution in [1.29, 1.82) is 0 Å². The van der Waals surface area contributed by atoms with Gasteiger partial charge in [-0.2, -0.15) is 4.31 Å². The fourth-order valence-electron chi connectivity index (χ4n) is 2.80. The maximum Gasteiger partial charge on any atom is 0.243 e. The molecule has 116 valence electrons.